The average molecular weight is 237 g/mol. The number of carbonyl (C=O) groups is 1. The minimum Gasteiger partial charge on any atom is -0.399 e. The second-order valence-corrected chi connectivity index (χ2v) is 3.56. The van der Waals surface area contributed by atoms with E-state index in [-0.39, 0.29) is 6.03 Å². The van der Waals surface area contributed by atoms with E-state index >= 15 is 0 Å². The summed E-state index contributed by atoms with van der Waals surface area (Å²) in [6.07, 6.45) is 0.804. The third-order valence-electron chi connectivity index (χ3n) is 2.10. The molecule has 5 nitrogen and oxygen atoms in total. The van der Waals surface area contributed by atoms with Gasteiger partial charge in [0.15, 0.2) is 0 Å². The summed E-state index contributed by atoms with van der Waals surface area (Å²) in [6, 6.07) is 6.83. The number of hydrogen-bond acceptors (Lipinski definition) is 3. The molecule has 5 heteroatoms. The van der Waals surface area contributed by atoms with Gasteiger partial charge in [-0.2, -0.15) is 0 Å². The predicted octanol–water partition coefficient (Wildman–Crippen LogP) is 1.82. The largest absolute Gasteiger partial charge is 0.399 e. The van der Waals surface area contributed by atoms with Gasteiger partial charge >= 0.3 is 6.03 Å². The van der Waals surface area contributed by atoms with Crippen LogP contribution in [-0.2, 0) is 4.74 Å². The summed E-state index contributed by atoms with van der Waals surface area (Å²) in [6.45, 7) is 3.90. The first-order valence-electron chi connectivity index (χ1n) is 5.70. The minimum atomic E-state index is -0.230. The smallest absolute Gasteiger partial charge is 0.319 e. The van der Waals surface area contributed by atoms with Crippen molar-refractivity contribution in [2.24, 2.45) is 0 Å². The molecule has 2 amide bonds. The van der Waals surface area contributed by atoms with Gasteiger partial charge in [-0.3, -0.25) is 0 Å². The zero-order valence-corrected chi connectivity index (χ0v) is 10.0. The minimum absolute atomic E-state index is 0.230. The lowest BCUT2D eigenvalue weighted by molar-refractivity contribution is 0.145. The van der Waals surface area contributed by atoms with Crippen LogP contribution < -0.4 is 16.4 Å². The molecular formula is C12H19N3O2. The van der Waals surface area contributed by atoms with E-state index in [0.29, 0.717) is 31.1 Å². The Bertz CT molecular complexity index is 355. The molecule has 17 heavy (non-hydrogen) atoms. The number of amides is 2. The maximum Gasteiger partial charge on any atom is 0.319 e. The van der Waals surface area contributed by atoms with E-state index in [4.69, 9.17) is 10.5 Å². The molecule has 0 saturated carbocycles. The van der Waals surface area contributed by atoms with Gasteiger partial charge in [0, 0.05) is 31.1 Å². The van der Waals surface area contributed by atoms with Crippen LogP contribution in [0.1, 0.15) is 13.3 Å². The van der Waals surface area contributed by atoms with Crippen LogP contribution in [-0.4, -0.2) is 25.8 Å². The van der Waals surface area contributed by atoms with Crippen LogP contribution in [0.15, 0.2) is 24.3 Å². The number of nitrogens with two attached hydrogens (primary N) is 1. The summed E-state index contributed by atoms with van der Waals surface area (Å²) >= 11 is 0. The molecular weight excluding hydrogens is 218 g/mol. The van der Waals surface area contributed by atoms with E-state index in [1.54, 1.807) is 24.3 Å². The zero-order valence-electron chi connectivity index (χ0n) is 10.0. The fraction of sp³-hybridized carbons (Fsp3) is 0.417. The van der Waals surface area contributed by atoms with Gasteiger partial charge in [0.2, 0.25) is 0 Å². The van der Waals surface area contributed by atoms with Crippen molar-refractivity contribution in [3.05, 3.63) is 24.3 Å². The molecule has 1 aromatic rings. The van der Waals surface area contributed by atoms with Crippen molar-refractivity contribution in [3.63, 3.8) is 0 Å². The highest BCUT2D eigenvalue weighted by molar-refractivity contribution is 5.89. The molecule has 0 radical (unpaired) electrons. The number of urea groups is 1. The number of hydrogen-bond donors (Lipinski definition) is 3. The molecule has 0 fully saturated rings. The van der Waals surface area contributed by atoms with E-state index < -0.39 is 0 Å². The van der Waals surface area contributed by atoms with Gasteiger partial charge in [0.1, 0.15) is 0 Å². The van der Waals surface area contributed by atoms with Gasteiger partial charge in [-0.25, -0.2) is 4.79 Å². The molecule has 1 aromatic carbocycles. The molecule has 0 aromatic heterocycles. The van der Waals surface area contributed by atoms with Gasteiger partial charge < -0.3 is 21.1 Å². The molecule has 94 valence electrons. The number of nitrogens with one attached hydrogen (secondary N) is 2. The van der Waals surface area contributed by atoms with E-state index in [1.165, 1.54) is 0 Å². The summed E-state index contributed by atoms with van der Waals surface area (Å²) in [5.41, 5.74) is 6.91. The average Bonchev–Trinajstić information content (AvgIpc) is 2.29. The summed E-state index contributed by atoms with van der Waals surface area (Å²) in [7, 11) is 0. The van der Waals surface area contributed by atoms with E-state index in [0.717, 1.165) is 6.42 Å². The van der Waals surface area contributed by atoms with Crippen LogP contribution in [0.4, 0.5) is 16.2 Å². The molecule has 0 aliphatic rings. The Morgan fingerprint density at radius 1 is 1.47 bits per heavy atom. The maximum absolute atomic E-state index is 11.5. The number of rotatable bonds is 6. The molecule has 0 aliphatic heterocycles. The third kappa shape index (κ3) is 5.77. The third-order valence-corrected chi connectivity index (χ3v) is 2.10. The van der Waals surface area contributed by atoms with Crippen molar-refractivity contribution in [2.75, 3.05) is 30.8 Å². The molecule has 0 aliphatic carbocycles. The van der Waals surface area contributed by atoms with Gasteiger partial charge in [-0.15, -0.1) is 0 Å². The molecule has 0 bridgehead atoms. The van der Waals surface area contributed by atoms with Crippen molar-refractivity contribution in [2.45, 2.75) is 13.3 Å². The Kier molecular flexibility index (Phi) is 5.88. The predicted molar refractivity (Wildman–Crippen MR) is 69.0 cm³/mol. The Morgan fingerprint density at radius 3 is 3.00 bits per heavy atom. The summed E-state index contributed by atoms with van der Waals surface area (Å²) in [5, 5.41) is 5.44. The summed E-state index contributed by atoms with van der Waals surface area (Å²) in [4.78, 5) is 11.5. The van der Waals surface area contributed by atoms with Crippen LogP contribution in [0.5, 0.6) is 0 Å². The van der Waals surface area contributed by atoms with Crippen LogP contribution in [0.25, 0.3) is 0 Å². The van der Waals surface area contributed by atoms with Crippen LogP contribution in [0.3, 0.4) is 0 Å². The highest BCUT2D eigenvalue weighted by Gasteiger charge is 2.00. The fourth-order valence-corrected chi connectivity index (χ4v) is 1.31. The van der Waals surface area contributed by atoms with Crippen molar-refractivity contribution in [1.29, 1.82) is 0 Å². The van der Waals surface area contributed by atoms with Crippen molar-refractivity contribution < 1.29 is 9.53 Å². The van der Waals surface area contributed by atoms with Crippen molar-refractivity contribution in [1.82, 2.24) is 5.32 Å². The van der Waals surface area contributed by atoms with Crippen LogP contribution in [0.2, 0.25) is 0 Å². The standard InChI is InChI=1S/C12H19N3O2/c1-2-17-8-4-7-14-12(16)15-11-6-3-5-10(13)9-11/h3,5-6,9H,2,4,7-8,13H2,1H3,(H2,14,15,16). The van der Waals surface area contributed by atoms with Gasteiger partial charge in [-0.05, 0) is 31.5 Å². The molecule has 0 heterocycles. The number of carbonyl (C=O) groups excluding carboxylic acids is 1. The molecule has 0 unspecified atom stereocenters. The molecule has 0 spiro atoms. The first-order chi connectivity index (χ1) is 8.22. The number of benzene rings is 1. The summed E-state index contributed by atoms with van der Waals surface area (Å²) in [5.74, 6) is 0. The quantitative estimate of drug-likeness (QED) is 0.521. The monoisotopic (exact) mass is 237 g/mol. The van der Waals surface area contributed by atoms with Gasteiger partial charge in [0.05, 0.1) is 0 Å². The normalized spacial score (nSPS) is 9.94. The molecule has 0 atom stereocenters. The lowest BCUT2D eigenvalue weighted by Crippen LogP contribution is -2.30. The Morgan fingerprint density at radius 2 is 2.29 bits per heavy atom. The van der Waals surface area contributed by atoms with Crippen LogP contribution in [0, 0.1) is 0 Å². The molecule has 4 N–H and O–H groups in total. The lowest BCUT2D eigenvalue weighted by Gasteiger charge is -2.08. The first-order valence-corrected chi connectivity index (χ1v) is 5.70. The van der Waals surface area contributed by atoms with Gasteiger partial charge in [-0.1, -0.05) is 6.07 Å². The van der Waals surface area contributed by atoms with Gasteiger partial charge in [0.25, 0.3) is 0 Å². The van der Waals surface area contributed by atoms with Crippen molar-refractivity contribution in [3.8, 4) is 0 Å². The molecule has 0 saturated heterocycles. The number of anilines is 2. The Labute approximate surface area is 101 Å². The van der Waals surface area contributed by atoms with Crippen molar-refractivity contribution >= 4 is 17.4 Å². The number of ether oxygens (including phenoxy) is 1. The second-order valence-electron chi connectivity index (χ2n) is 3.56. The Balaban J connectivity index is 2.21. The second kappa shape index (κ2) is 7.51. The van der Waals surface area contributed by atoms with E-state index in [9.17, 15) is 4.79 Å². The lowest BCUT2D eigenvalue weighted by atomic mass is 10.3. The molecule has 1 rings (SSSR count). The highest BCUT2D eigenvalue weighted by atomic mass is 16.5. The van der Waals surface area contributed by atoms with E-state index in [2.05, 4.69) is 10.6 Å². The maximum atomic E-state index is 11.5. The SMILES string of the molecule is CCOCCCNC(=O)Nc1cccc(N)c1. The Hall–Kier alpha value is -1.75. The van der Waals surface area contributed by atoms with E-state index in [1.807, 2.05) is 6.92 Å². The number of nitrogen functional groups attached to an aromatic ring is 1. The fourth-order valence-electron chi connectivity index (χ4n) is 1.31. The zero-order chi connectivity index (χ0) is 12.5. The topological polar surface area (TPSA) is 76.4 Å². The first kappa shape index (κ1) is 13.3. The highest BCUT2D eigenvalue weighted by Crippen LogP contribution is 2.11. The van der Waals surface area contributed by atoms with Crippen LogP contribution >= 0.6 is 0 Å². The summed E-state index contributed by atoms with van der Waals surface area (Å²) < 4.78 is 5.16.